The van der Waals surface area contributed by atoms with Gasteiger partial charge in [0.25, 0.3) is 0 Å². The number of unbranched alkanes of at least 4 members (excludes halogenated alkanes) is 1. The molecule has 0 N–H and O–H groups in total. The molecule has 1 heterocycles. The van der Waals surface area contributed by atoms with E-state index < -0.39 is 9.84 Å². The van der Waals surface area contributed by atoms with Gasteiger partial charge in [0.15, 0.2) is 9.84 Å². The van der Waals surface area contributed by atoms with Gasteiger partial charge in [-0.2, -0.15) is 0 Å². The van der Waals surface area contributed by atoms with E-state index in [-0.39, 0.29) is 0 Å². The molecule has 102 valence electrons. The summed E-state index contributed by atoms with van der Waals surface area (Å²) in [7, 11) is -2.75. The molecule has 0 saturated carbocycles. The molecule has 2 unspecified atom stereocenters. The summed E-state index contributed by atoms with van der Waals surface area (Å²) < 4.78 is 28.4. The quantitative estimate of drug-likeness (QED) is 0.508. The van der Waals surface area contributed by atoms with Gasteiger partial charge in [0.2, 0.25) is 0 Å². The Labute approximate surface area is 113 Å². The summed E-state index contributed by atoms with van der Waals surface area (Å²) in [6.07, 6.45) is 4.06. The van der Waals surface area contributed by atoms with Crippen LogP contribution in [0, 0.1) is 11.8 Å². The van der Waals surface area contributed by atoms with Crippen LogP contribution in [0.3, 0.4) is 0 Å². The maximum Gasteiger partial charge on any atom is 0.150 e. The number of alkyl halides is 1. The Morgan fingerprint density at radius 2 is 2.18 bits per heavy atom. The lowest BCUT2D eigenvalue weighted by atomic mass is 9.91. The van der Waals surface area contributed by atoms with Crippen LogP contribution in [0.25, 0.3) is 0 Å². The molecule has 2 atom stereocenters. The fourth-order valence-corrected chi connectivity index (χ4v) is 4.99. The zero-order valence-electron chi connectivity index (χ0n) is 10.5. The SMILES string of the molecule is CCCCOCCC(CBr)C1CCS(=O)(=O)C1. The highest BCUT2D eigenvalue weighted by atomic mass is 79.9. The van der Waals surface area contributed by atoms with Crippen LogP contribution in [0.4, 0.5) is 0 Å². The van der Waals surface area contributed by atoms with Crippen LogP contribution in [0.5, 0.6) is 0 Å². The molecule has 1 fully saturated rings. The molecule has 0 aromatic heterocycles. The van der Waals surface area contributed by atoms with Gasteiger partial charge in [-0.25, -0.2) is 8.42 Å². The van der Waals surface area contributed by atoms with E-state index in [2.05, 4.69) is 22.9 Å². The van der Waals surface area contributed by atoms with E-state index >= 15 is 0 Å². The Hall–Kier alpha value is 0.390. The Morgan fingerprint density at radius 1 is 1.41 bits per heavy atom. The molecule has 0 aliphatic carbocycles. The minimum absolute atomic E-state index is 0.328. The van der Waals surface area contributed by atoms with Crippen molar-refractivity contribution >= 4 is 25.8 Å². The summed E-state index contributed by atoms with van der Waals surface area (Å²) in [6.45, 7) is 3.73. The average Bonchev–Trinajstić information content (AvgIpc) is 2.64. The zero-order chi connectivity index (χ0) is 12.7. The third-order valence-corrected chi connectivity index (χ3v) is 6.03. The van der Waals surface area contributed by atoms with Crippen LogP contribution in [0.1, 0.15) is 32.6 Å². The topological polar surface area (TPSA) is 43.4 Å². The van der Waals surface area contributed by atoms with E-state index in [1.807, 2.05) is 0 Å². The van der Waals surface area contributed by atoms with Crippen LogP contribution >= 0.6 is 15.9 Å². The van der Waals surface area contributed by atoms with Crippen LogP contribution in [0.2, 0.25) is 0 Å². The maximum absolute atomic E-state index is 11.4. The van der Waals surface area contributed by atoms with Gasteiger partial charge < -0.3 is 4.74 Å². The first-order valence-electron chi connectivity index (χ1n) is 6.43. The number of halogens is 1. The average molecular weight is 327 g/mol. The van der Waals surface area contributed by atoms with Gasteiger partial charge in [-0.15, -0.1) is 0 Å². The van der Waals surface area contributed by atoms with Crippen molar-refractivity contribution in [3.63, 3.8) is 0 Å². The van der Waals surface area contributed by atoms with E-state index in [9.17, 15) is 8.42 Å². The summed E-state index contributed by atoms with van der Waals surface area (Å²) in [5.41, 5.74) is 0. The molecule has 0 aromatic carbocycles. The van der Waals surface area contributed by atoms with Crippen molar-refractivity contribution in [3.8, 4) is 0 Å². The summed E-state index contributed by atoms with van der Waals surface area (Å²) in [4.78, 5) is 0. The van der Waals surface area contributed by atoms with Crippen LogP contribution < -0.4 is 0 Å². The molecular weight excluding hydrogens is 304 g/mol. The summed E-state index contributed by atoms with van der Waals surface area (Å²) in [5.74, 6) is 1.51. The molecule has 0 spiro atoms. The van der Waals surface area contributed by atoms with Crippen LogP contribution in [0.15, 0.2) is 0 Å². The molecule has 0 radical (unpaired) electrons. The second kappa shape index (κ2) is 7.74. The smallest absolute Gasteiger partial charge is 0.150 e. The second-order valence-electron chi connectivity index (χ2n) is 4.83. The van der Waals surface area contributed by atoms with Crippen molar-refractivity contribution in [2.45, 2.75) is 32.6 Å². The third kappa shape index (κ3) is 5.71. The molecule has 5 heteroatoms. The summed E-state index contributed by atoms with van der Waals surface area (Å²) in [6, 6.07) is 0. The number of ether oxygens (including phenoxy) is 1. The molecule has 1 rings (SSSR count). The standard InChI is InChI=1S/C12H23BrO3S/c1-2-3-6-16-7-4-11(9-13)12-5-8-17(14,15)10-12/h11-12H,2-10H2,1H3. The van der Waals surface area contributed by atoms with E-state index in [1.165, 1.54) is 0 Å². The number of sulfone groups is 1. The molecule has 1 aliphatic heterocycles. The fraction of sp³-hybridized carbons (Fsp3) is 1.00. The van der Waals surface area contributed by atoms with E-state index in [4.69, 9.17) is 4.74 Å². The van der Waals surface area contributed by atoms with E-state index in [1.54, 1.807) is 0 Å². The van der Waals surface area contributed by atoms with E-state index in [0.717, 1.165) is 44.2 Å². The maximum atomic E-state index is 11.4. The minimum Gasteiger partial charge on any atom is -0.381 e. The van der Waals surface area contributed by atoms with Gasteiger partial charge in [-0.1, -0.05) is 29.3 Å². The molecule has 17 heavy (non-hydrogen) atoms. The third-order valence-electron chi connectivity index (χ3n) is 3.41. The first-order valence-corrected chi connectivity index (χ1v) is 9.37. The molecular formula is C12H23BrO3S. The predicted octanol–water partition coefficient (Wildman–Crippen LogP) is 2.64. The highest BCUT2D eigenvalue weighted by molar-refractivity contribution is 9.09. The second-order valence-corrected chi connectivity index (χ2v) is 7.71. The molecule has 1 aliphatic rings. The Bertz CT molecular complexity index is 303. The van der Waals surface area contributed by atoms with Gasteiger partial charge >= 0.3 is 0 Å². The largest absolute Gasteiger partial charge is 0.381 e. The first-order chi connectivity index (χ1) is 8.09. The molecule has 3 nitrogen and oxygen atoms in total. The van der Waals surface area contributed by atoms with Crippen molar-refractivity contribution in [2.24, 2.45) is 11.8 Å². The summed E-state index contributed by atoms with van der Waals surface area (Å²) in [5, 5.41) is 0.879. The Kier molecular flexibility index (Phi) is 7.04. The van der Waals surface area contributed by atoms with Crippen molar-refractivity contribution in [2.75, 3.05) is 30.0 Å². The lowest BCUT2D eigenvalue weighted by Crippen LogP contribution is -2.19. The monoisotopic (exact) mass is 326 g/mol. The number of hydrogen-bond donors (Lipinski definition) is 0. The Balaban J connectivity index is 2.24. The Morgan fingerprint density at radius 3 is 2.71 bits per heavy atom. The first kappa shape index (κ1) is 15.4. The highest BCUT2D eigenvalue weighted by Gasteiger charge is 2.32. The van der Waals surface area contributed by atoms with Crippen LogP contribution in [-0.4, -0.2) is 38.5 Å². The van der Waals surface area contributed by atoms with Crippen molar-refractivity contribution in [3.05, 3.63) is 0 Å². The van der Waals surface area contributed by atoms with Gasteiger partial charge in [-0.05, 0) is 31.1 Å². The minimum atomic E-state index is -2.75. The molecule has 0 aromatic rings. The molecule has 0 amide bonds. The van der Waals surface area contributed by atoms with Crippen molar-refractivity contribution < 1.29 is 13.2 Å². The normalized spacial score (nSPS) is 24.9. The summed E-state index contributed by atoms with van der Waals surface area (Å²) >= 11 is 3.50. The zero-order valence-corrected chi connectivity index (χ0v) is 12.9. The van der Waals surface area contributed by atoms with Gasteiger partial charge in [0.1, 0.15) is 0 Å². The predicted molar refractivity (Wildman–Crippen MR) is 74.4 cm³/mol. The van der Waals surface area contributed by atoms with Crippen LogP contribution in [-0.2, 0) is 14.6 Å². The lowest BCUT2D eigenvalue weighted by Gasteiger charge is -2.19. The highest BCUT2D eigenvalue weighted by Crippen LogP contribution is 2.29. The molecule has 1 saturated heterocycles. The van der Waals surface area contributed by atoms with Crippen molar-refractivity contribution in [1.82, 2.24) is 0 Å². The lowest BCUT2D eigenvalue weighted by molar-refractivity contribution is 0.113. The van der Waals surface area contributed by atoms with Gasteiger partial charge in [0.05, 0.1) is 11.5 Å². The molecule has 0 bridgehead atoms. The van der Waals surface area contributed by atoms with Gasteiger partial charge in [0, 0.05) is 18.5 Å². The fourth-order valence-electron chi connectivity index (χ4n) is 2.22. The van der Waals surface area contributed by atoms with Gasteiger partial charge in [-0.3, -0.25) is 0 Å². The number of hydrogen-bond acceptors (Lipinski definition) is 3. The van der Waals surface area contributed by atoms with Crippen molar-refractivity contribution in [1.29, 1.82) is 0 Å². The van der Waals surface area contributed by atoms with E-state index in [0.29, 0.717) is 23.3 Å². The number of rotatable bonds is 8.